The molecule has 0 N–H and O–H groups in total. The minimum absolute atomic E-state index is 1.14. The zero-order chi connectivity index (χ0) is 49.8. The predicted octanol–water partition coefficient (Wildman–Crippen LogP) is 19.9. The van der Waals surface area contributed by atoms with Gasteiger partial charge in [0, 0.05) is 11.4 Å². The molecule has 2 heterocycles. The van der Waals surface area contributed by atoms with Crippen LogP contribution in [-0.2, 0) is 0 Å². The molecule has 0 amide bonds. The van der Waals surface area contributed by atoms with E-state index >= 15 is 0 Å². The maximum Gasteiger partial charge on any atom is 0.0535 e. The van der Waals surface area contributed by atoms with Crippen molar-refractivity contribution in [3.05, 3.63) is 291 Å². The minimum atomic E-state index is 1.14. The topological polar surface area (TPSA) is 9.86 Å². The molecule has 2 aromatic heterocycles. The van der Waals surface area contributed by atoms with Crippen LogP contribution in [-0.4, -0.2) is 9.13 Å². The van der Waals surface area contributed by atoms with E-state index in [1.165, 1.54) is 116 Å². The average molecular weight is 955 g/mol. The molecular formula is C73H50N2. The molecule has 0 saturated heterocycles. The van der Waals surface area contributed by atoms with Gasteiger partial charge in [0.05, 0.1) is 22.8 Å². The van der Waals surface area contributed by atoms with Crippen LogP contribution in [0.3, 0.4) is 0 Å². The van der Waals surface area contributed by atoms with Crippen molar-refractivity contribution in [1.29, 1.82) is 0 Å². The number of hydrogen-bond donors (Lipinski definition) is 0. The first-order valence-corrected chi connectivity index (χ1v) is 25.9. The van der Waals surface area contributed by atoms with Crippen LogP contribution >= 0.6 is 0 Å². The molecular weight excluding hydrogens is 905 g/mol. The van der Waals surface area contributed by atoms with Gasteiger partial charge >= 0.3 is 0 Å². The zero-order valence-electron chi connectivity index (χ0n) is 41.5. The molecule has 0 spiro atoms. The molecule has 2 heteroatoms. The highest BCUT2D eigenvalue weighted by Gasteiger charge is 2.20. The van der Waals surface area contributed by atoms with E-state index in [0.717, 1.165) is 22.8 Å². The molecule has 352 valence electrons. The van der Waals surface area contributed by atoms with Gasteiger partial charge in [0.15, 0.2) is 0 Å². The number of hydrogen-bond acceptors (Lipinski definition) is 0. The Morgan fingerprint density at radius 1 is 0.240 bits per heavy atom. The van der Waals surface area contributed by atoms with Gasteiger partial charge in [0.25, 0.3) is 0 Å². The monoisotopic (exact) mass is 954 g/mol. The lowest BCUT2D eigenvalue weighted by Crippen LogP contribution is -1.99. The Morgan fingerprint density at radius 3 is 1.21 bits per heavy atom. The van der Waals surface area contributed by atoms with Crippen LogP contribution < -0.4 is 0 Å². The fraction of sp³-hybridized carbons (Fsp3) is 0.0137. The number of nitrogens with zero attached hydrogens (tertiary/aromatic N) is 2. The van der Waals surface area contributed by atoms with Crippen molar-refractivity contribution in [3.63, 3.8) is 0 Å². The first-order chi connectivity index (χ1) is 37.1. The van der Waals surface area contributed by atoms with E-state index in [9.17, 15) is 0 Å². The molecule has 0 radical (unpaired) electrons. The lowest BCUT2D eigenvalue weighted by atomic mass is 9.84. The molecule has 0 bridgehead atoms. The van der Waals surface area contributed by atoms with Gasteiger partial charge < -0.3 is 9.13 Å². The third-order valence-corrected chi connectivity index (χ3v) is 15.4. The van der Waals surface area contributed by atoms with Crippen LogP contribution in [0.25, 0.3) is 133 Å². The van der Waals surface area contributed by atoms with Crippen molar-refractivity contribution < 1.29 is 0 Å². The smallest absolute Gasteiger partial charge is 0.0535 e. The Hall–Kier alpha value is -9.76. The minimum Gasteiger partial charge on any atom is -0.309 e. The van der Waals surface area contributed by atoms with Gasteiger partial charge in [0.2, 0.25) is 0 Å². The van der Waals surface area contributed by atoms with Crippen molar-refractivity contribution in [3.8, 4) is 89.8 Å². The summed E-state index contributed by atoms with van der Waals surface area (Å²) in [6.07, 6.45) is 0. The van der Waals surface area contributed by atoms with E-state index in [4.69, 9.17) is 0 Å². The van der Waals surface area contributed by atoms with Gasteiger partial charge in [-0.15, -0.1) is 0 Å². The Bertz CT molecular complexity index is 4410. The van der Waals surface area contributed by atoms with E-state index in [1.54, 1.807) is 0 Å². The number of aryl methyl sites for hydroxylation is 1. The van der Waals surface area contributed by atoms with E-state index < -0.39 is 0 Å². The molecule has 0 unspecified atom stereocenters. The van der Waals surface area contributed by atoms with Crippen LogP contribution in [0, 0.1) is 6.92 Å². The summed E-state index contributed by atoms with van der Waals surface area (Å²) in [5.41, 5.74) is 20.2. The molecule has 0 saturated carbocycles. The van der Waals surface area contributed by atoms with Crippen molar-refractivity contribution in [2.75, 3.05) is 0 Å². The van der Waals surface area contributed by atoms with Gasteiger partial charge in [-0.3, -0.25) is 0 Å². The molecule has 0 aliphatic heterocycles. The summed E-state index contributed by atoms with van der Waals surface area (Å²) in [6.45, 7) is 2.33. The maximum absolute atomic E-state index is 2.45. The first-order valence-electron chi connectivity index (χ1n) is 25.9. The molecule has 14 aromatic rings. The van der Waals surface area contributed by atoms with Gasteiger partial charge in [-0.05, 0) is 172 Å². The van der Waals surface area contributed by atoms with Gasteiger partial charge in [-0.25, -0.2) is 0 Å². The Kier molecular flexibility index (Phi) is 10.8. The molecule has 12 aromatic carbocycles. The number of fused-ring (bicyclic) bond motifs is 6. The molecule has 75 heavy (non-hydrogen) atoms. The largest absolute Gasteiger partial charge is 0.309 e. The second-order valence-corrected chi connectivity index (χ2v) is 19.6. The maximum atomic E-state index is 2.45. The summed E-state index contributed by atoms with van der Waals surface area (Å²) in [5.74, 6) is 0. The summed E-state index contributed by atoms with van der Waals surface area (Å²) in [6, 6.07) is 104. The van der Waals surface area contributed by atoms with E-state index in [2.05, 4.69) is 301 Å². The summed E-state index contributed by atoms with van der Waals surface area (Å²) < 4.78 is 4.76. The highest BCUT2D eigenvalue weighted by molar-refractivity contribution is 6.20. The normalized spacial score (nSPS) is 11.5. The average Bonchev–Trinajstić information content (AvgIpc) is 4.16. The first kappa shape index (κ1) is 44.0. The zero-order valence-corrected chi connectivity index (χ0v) is 41.5. The van der Waals surface area contributed by atoms with E-state index in [-0.39, 0.29) is 0 Å². The Balaban J connectivity index is 0.895. The van der Waals surface area contributed by atoms with Gasteiger partial charge in [0.1, 0.15) is 0 Å². The van der Waals surface area contributed by atoms with E-state index in [1.807, 2.05) is 0 Å². The standard InChI is InChI=1S/C73H50N2/c1-49-72(55-39-37-54(38-40-55)71-46-44-69(52-21-8-3-9-22-52)75(71)59-26-12-5-13-27-59)64-30-17-16-29-62(64)65-32-18-31-61(73(49)65)57-41-42-63-60-28-15-14-23-56(60)47-66(67(63)48-57)50-33-35-53(36-34-50)70-45-43-68(51-19-6-2-7-20-51)74(70)58-24-10-4-11-25-58/h2-48H,1H3. The molecule has 0 aliphatic rings. The third kappa shape index (κ3) is 7.58. The van der Waals surface area contributed by atoms with Crippen molar-refractivity contribution in [2.24, 2.45) is 0 Å². The van der Waals surface area contributed by atoms with Crippen LogP contribution in [0.2, 0.25) is 0 Å². The van der Waals surface area contributed by atoms with Crippen molar-refractivity contribution in [2.45, 2.75) is 6.92 Å². The summed E-state index contributed by atoms with van der Waals surface area (Å²) >= 11 is 0. The van der Waals surface area contributed by atoms with Crippen molar-refractivity contribution in [1.82, 2.24) is 9.13 Å². The SMILES string of the molecule is Cc1c(-c2ccc(-c3ccc(-c4ccccc4)n3-c3ccccc3)cc2)c2ccccc2c2cccc(-c3ccc4c(c3)c(-c3ccc(-c5ccc(-c6ccccc6)n5-c5ccccc5)cc3)cc3ccccc34)c12. The predicted molar refractivity (Wildman–Crippen MR) is 318 cm³/mol. The number of para-hydroxylation sites is 2. The summed E-state index contributed by atoms with van der Waals surface area (Å²) in [5, 5.41) is 10.0. The lowest BCUT2D eigenvalue weighted by molar-refractivity contribution is 1.09. The van der Waals surface area contributed by atoms with Crippen LogP contribution in [0.15, 0.2) is 285 Å². The Labute approximate surface area is 437 Å². The van der Waals surface area contributed by atoms with E-state index in [0.29, 0.717) is 0 Å². The number of aromatic nitrogens is 2. The second kappa shape index (κ2) is 18.4. The number of rotatable bonds is 9. The highest BCUT2D eigenvalue weighted by Crippen LogP contribution is 2.45. The molecule has 14 rings (SSSR count). The van der Waals surface area contributed by atoms with Gasteiger partial charge in [-0.1, -0.05) is 224 Å². The molecule has 0 atom stereocenters. The highest BCUT2D eigenvalue weighted by atomic mass is 15.0. The summed E-state index contributed by atoms with van der Waals surface area (Å²) in [7, 11) is 0. The fourth-order valence-electron chi connectivity index (χ4n) is 11.9. The molecule has 0 aliphatic carbocycles. The lowest BCUT2D eigenvalue weighted by Gasteiger charge is -2.19. The number of benzene rings is 12. The van der Waals surface area contributed by atoms with Gasteiger partial charge in [-0.2, -0.15) is 0 Å². The fourth-order valence-corrected chi connectivity index (χ4v) is 11.9. The molecule has 0 fully saturated rings. The molecule has 2 nitrogen and oxygen atoms in total. The quantitative estimate of drug-likeness (QED) is 0.128. The van der Waals surface area contributed by atoms with Crippen LogP contribution in [0.4, 0.5) is 0 Å². The summed E-state index contributed by atoms with van der Waals surface area (Å²) in [4.78, 5) is 0. The van der Waals surface area contributed by atoms with Crippen LogP contribution in [0.5, 0.6) is 0 Å². The Morgan fingerprint density at radius 2 is 0.653 bits per heavy atom. The van der Waals surface area contributed by atoms with Crippen LogP contribution in [0.1, 0.15) is 5.56 Å². The third-order valence-electron chi connectivity index (χ3n) is 15.4. The second-order valence-electron chi connectivity index (χ2n) is 19.6. The van der Waals surface area contributed by atoms with Crippen molar-refractivity contribution >= 4 is 43.1 Å².